The lowest BCUT2D eigenvalue weighted by molar-refractivity contribution is 1.17. The van der Waals surface area contributed by atoms with Crippen LogP contribution in [-0.2, 0) is 0 Å². The van der Waals surface area contributed by atoms with Gasteiger partial charge in [0.05, 0.1) is 8.07 Å². The first kappa shape index (κ1) is 8.80. The van der Waals surface area contributed by atoms with E-state index in [1.165, 1.54) is 0 Å². The Labute approximate surface area is 62.2 Å². The van der Waals surface area contributed by atoms with Crippen LogP contribution in [-0.4, -0.2) is 12.0 Å². The molecule has 0 rings (SSSR count). The smallest absolute Gasteiger partial charge is 0.104 e. The molecule has 0 bridgehead atoms. The monoisotopic (exact) mass is 170 g/mol. The Morgan fingerprint density at radius 1 is 1.12 bits per heavy atom. The lowest BCUT2D eigenvalue weighted by Crippen LogP contribution is -2.40. The molecule has 0 unspecified atom stereocenters. The maximum atomic E-state index is 5.84. The fraction of sp³-hybridized carbons (Fsp3) is 1.00. The Kier molecular flexibility index (Phi) is 2.42. The molecule has 0 spiro atoms. The van der Waals surface area contributed by atoms with Crippen molar-refractivity contribution >= 4 is 31.3 Å². The summed E-state index contributed by atoms with van der Waals surface area (Å²) in [4.78, 5) is 0. The summed E-state index contributed by atoms with van der Waals surface area (Å²) >= 11 is 11.7. The van der Waals surface area contributed by atoms with Crippen molar-refractivity contribution in [3.63, 3.8) is 0 Å². The molecular formula is C5H12Cl2Si. The number of rotatable bonds is 1. The van der Waals surface area contributed by atoms with Crippen molar-refractivity contribution in [2.45, 2.75) is 30.5 Å². The van der Waals surface area contributed by atoms with Crippen LogP contribution < -0.4 is 0 Å². The predicted molar refractivity (Wildman–Crippen MR) is 43.5 cm³/mol. The zero-order valence-electron chi connectivity index (χ0n) is 5.76. The van der Waals surface area contributed by atoms with Gasteiger partial charge in [0.25, 0.3) is 0 Å². The molecule has 0 N–H and O–H groups in total. The third kappa shape index (κ3) is 2.38. The van der Waals surface area contributed by atoms with Gasteiger partial charge in [-0.15, -0.1) is 23.2 Å². The average molecular weight is 171 g/mol. The standard InChI is InChI=1S/C5H12Cl2Si/c1-5(6,7)8(2,3)4/h1-4H3. The highest BCUT2D eigenvalue weighted by Crippen LogP contribution is 2.31. The largest absolute Gasteiger partial charge is 0.106 e. The first-order valence-electron chi connectivity index (χ1n) is 2.63. The van der Waals surface area contributed by atoms with E-state index in [1.54, 1.807) is 0 Å². The minimum Gasteiger partial charge on any atom is -0.106 e. The first-order chi connectivity index (χ1) is 3.25. The van der Waals surface area contributed by atoms with Gasteiger partial charge in [-0.2, -0.15) is 0 Å². The van der Waals surface area contributed by atoms with Gasteiger partial charge in [0.15, 0.2) is 0 Å². The fourth-order valence-electron chi connectivity index (χ4n) is 0. The topological polar surface area (TPSA) is 0 Å². The molecule has 0 saturated heterocycles. The van der Waals surface area contributed by atoms with E-state index in [2.05, 4.69) is 19.6 Å². The van der Waals surface area contributed by atoms with Gasteiger partial charge in [0, 0.05) is 0 Å². The van der Waals surface area contributed by atoms with E-state index >= 15 is 0 Å². The van der Waals surface area contributed by atoms with Crippen LogP contribution in [0.1, 0.15) is 6.92 Å². The molecule has 0 aliphatic rings. The number of alkyl halides is 2. The van der Waals surface area contributed by atoms with E-state index in [1.807, 2.05) is 6.92 Å². The molecule has 0 saturated carbocycles. The van der Waals surface area contributed by atoms with Crippen molar-refractivity contribution in [3.05, 3.63) is 0 Å². The van der Waals surface area contributed by atoms with Crippen LogP contribution >= 0.6 is 23.2 Å². The molecule has 0 nitrogen and oxygen atoms in total. The molecule has 0 aromatic carbocycles. The molecule has 50 valence electrons. The lowest BCUT2D eigenvalue weighted by atomic mass is 10.9. The average Bonchev–Trinajstić information content (AvgIpc) is 1.25. The Hall–Kier alpha value is 0.797. The van der Waals surface area contributed by atoms with E-state index in [0.29, 0.717) is 0 Å². The minimum absolute atomic E-state index is 0.479. The quantitative estimate of drug-likeness (QED) is 0.420. The normalized spacial score (nSPS) is 14.2. The van der Waals surface area contributed by atoms with Crippen LogP contribution in [0.5, 0.6) is 0 Å². The van der Waals surface area contributed by atoms with Crippen molar-refractivity contribution in [1.82, 2.24) is 0 Å². The molecule has 0 aromatic heterocycles. The summed E-state index contributed by atoms with van der Waals surface area (Å²) in [5, 5.41) is 0. The molecule has 0 atom stereocenters. The van der Waals surface area contributed by atoms with Gasteiger partial charge in [-0.25, -0.2) is 0 Å². The summed E-state index contributed by atoms with van der Waals surface area (Å²) < 4.78 is -0.479. The van der Waals surface area contributed by atoms with Crippen LogP contribution in [0, 0.1) is 0 Å². The SMILES string of the molecule is CC(Cl)(Cl)[Si](C)(C)C. The van der Waals surface area contributed by atoms with E-state index < -0.39 is 12.0 Å². The van der Waals surface area contributed by atoms with Crippen molar-refractivity contribution in [2.24, 2.45) is 0 Å². The molecule has 0 aliphatic heterocycles. The Balaban J connectivity index is 4.02. The lowest BCUT2D eigenvalue weighted by Gasteiger charge is -2.27. The van der Waals surface area contributed by atoms with Gasteiger partial charge in [-0.1, -0.05) is 19.6 Å². The number of halogens is 2. The molecule has 0 heterocycles. The summed E-state index contributed by atoms with van der Waals surface area (Å²) in [7, 11) is -1.33. The Morgan fingerprint density at radius 3 is 1.25 bits per heavy atom. The summed E-state index contributed by atoms with van der Waals surface area (Å²) in [6, 6.07) is 0. The summed E-state index contributed by atoms with van der Waals surface area (Å²) in [5.74, 6) is 0. The molecule has 0 radical (unpaired) electrons. The van der Waals surface area contributed by atoms with Crippen molar-refractivity contribution in [1.29, 1.82) is 0 Å². The van der Waals surface area contributed by atoms with Crippen LogP contribution in [0.2, 0.25) is 19.6 Å². The maximum absolute atomic E-state index is 5.84. The Morgan fingerprint density at radius 2 is 1.25 bits per heavy atom. The highest BCUT2D eigenvalue weighted by atomic mass is 35.5. The van der Waals surface area contributed by atoms with E-state index in [4.69, 9.17) is 23.2 Å². The molecule has 0 aliphatic carbocycles. The zero-order chi connectivity index (χ0) is 7.00. The molecular weight excluding hydrogens is 159 g/mol. The number of hydrogen-bond donors (Lipinski definition) is 0. The zero-order valence-corrected chi connectivity index (χ0v) is 8.27. The second-order valence-electron chi connectivity index (χ2n) is 3.14. The van der Waals surface area contributed by atoms with Crippen LogP contribution in [0.3, 0.4) is 0 Å². The van der Waals surface area contributed by atoms with Crippen molar-refractivity contribution in [3.8, 4) is 0 Å². The second kappa shape index (κ2) is 2.20. The maximum Gasteiger partial charge on any atom is 0.104 e. The number of hydrogen-bond acceptors (Lipinski definition) is 0. The summed E-state index contributed by atoms with van der Waals surface area (Å²) in [6.07, 6.45) is 0. The third-order valence-electron chi connectivity index (χ3n) is 1.32. The van der Waals surface area contributed by atoms with Crippen LogP contribution in [0.15, 0.2) is 0 Å². The minimum atomic E-state index is -1.33. The van der Waals surface area contributed by atoms with Crippen LogP contribution in [0.25, 0.3) is 0 Å². The van der Waals surface area contributed by atoms with Gasteiger partial charge < -0.3 is 0 Å². The van der Waals surface area contributed by atoms with Gasteiger partial charge >= 0.3 is 0 Å². The highest BCUT2D eigenvalue weighted by Gasteiger charge is 2.34. The van der Waals surface area contributed by atoms with Gasteiger partial charge in [0.2, 0.25) is 0 Å². The van der Waals surface area contributed by atoms with Gasteiger partial charge in [0.1, 0.15) is 3.96 Å². The van der Waals surface area contributed by atoms with E-state index in [-0.39, 0.29) is 0 Å². The highest BCUT2D eigenvalue weighted by molar-refractivity contribution is 6.94. The molecule has 0 amide bonds. The molecule has 0 aromatic rings. The predicted octanol–water partition coefficient (Wildman–Crippen LogP) is 3.06. The third-order valence-corrected chi connectivity index (χ3v) is 7.35. The molecule has 3 heteroatoms. The fourth-order valence-corrected chi connectivity index (χ4v) is 0. The second-order valence-corrected chi connectivity index (χ2v) is 11.0. The van der Waals surface area contributed by atoms with Crippen LogP contribution in [0.4, 0.5) is 0 Å². The molecule has 8 heavy (non-hydrogen) atoms. The molecule has 0 fully saturated rings. The summed E-state index contributed by atoms with van der Waals surface area (Å²) in [6.45, 7) is 8.30. The summed E-state index contributed by atoms with van der Waals surface area (Å²) in [5.41, 5.74) is 0. The van der Waals surface area contributed by atoms with Crippen molar-refractivity contribution < 1.29 is 0 Å². The van der Waals surface area contributed by atoms with E-state index in [9.17, 15) is 0 Å². The Bertz CT molecular complexity index is 65.4. The van der Waals surface area contributed by atoms with Crippen molar-refractivity contribution in [2.75, 3.05) is 0 Å². The van der Waals surface area contributed by atoms with Gasteiger partial charge in [-0.3, -0.25) is 0 Å². The first-order valence-corrected chi connectivity index (χ1v) is 6.88. The van der Waals surface area contributed by atoms with Gasteiger partial charge in [-0.05, 0) is 6.92 Å². The van der Waals surface area contributed by atoms with E-state index in [0.717, 1.165) is 0 Å².